The van der Waals surface area contributed by atoms with Gasteiger partial charge >= 0.3 is 0 Å². The number of benzene rings is 1. The molecule has 2 N–H and O–H groups in total. The van der Waals surface area contributed by atoms with Gasteiger partial charge in [-0.1, -0.05) is 43.5 Å². The maximum absolute atomic E-state index is 9.91. The van der Waals surface area contributed by atoms with E-state index < -0.39 is 6.10 Å². The normalized spacial score (nSPS) is 23.8. The van der Waals surface area contributed by atoms with Crippen LogP contribution in [0.15, 0.2) is 24.3 Å². The van der Waals surface area contributed by atoms with Gasteiger partial charge in [-0.3, -0.25) is 0 Å². The molecule has 1 fully saturated rings. The summed E-state index contributed by atoms with van der Waals surface area (Å²) in [4.78, 5) is 0. The summed E-state index contributed by atoms with van der Waals surface area (Å²) in [6.45, 7) is 4.13. The molecule has 112 valence electrons. The third-order valence-electron chi connectivity index (χ3n) is 4.09. The minimum Gasteiger partial charge on any atom is -0.489 e. The van der Waals surface area contributed by atoms with Gasteiger partial charge in [0.2, 0.25) is 0 Å². The van der Waals surface area contributed by atoms with Crippen molar-refractivity contribution in [3.63, 3.8) is 0 Å². The van der Waals surface area contributed by atoms with E-state index in [0.29, 0.717) is 17.3 Å². The molecule has 20 heavy (non-hydrogen) atoms. The maximum Gasteiger partial charge on any atom is 0.138 e. The van der Waals surface area contributed by atoms with Crippen LogP contribution in [0.1, 0.15) is 26.2 Å². The Labute approximate surface area is 126 Å². The molecular weight excluding hydrogens is 274 g/mol. The zero-order valence-corrected chi connectivity index (χ0v) is 12.8. The van der Waals surface area contributed by atoms with Gasteiger partial charge in [0.15, 0.2) is 0 Å². The van der Waals surface area contributed by atoms with E-state index in [9.17, 15) is 5.11 Å². The van der Waals surface area contributed by atoms with Crippen molar-refractivity contribution in [3.05, 3.63) is 29.3 Å². The van der Waals surface area contributed by atoms with Crippen LogP contribution in [0.2, 0.25) is 5.02 Å². The molecule has 0 saturated heterocycles. The quantitative estimate of drug-likeness (QED) is 0.812. The number of para-hydroxylation sites is 1. The molecule has 1 aromatic carbocycles. The minimum absolute atomic E-state index is 0.261. The number of ether oxygens (including phenoxy) is 1. The molecule has 1 aliphatic rings. The lowest BCUT2D eigenvalue weighted by atomic mass is 9.98. The second-order valence-electron chi connectivity index (χ2n) is 5.72. The van der Waals surface area contributed by atoms with Gasteiger partial charge in [0.25, 0.3) is 0 Å². The van der Waals surface area contributed by atoms with E-state index in [-0.39, 0.29) is 6.61 Å². The highest BCUT2D eigenvalue weighted by molar-refractivity contribution is 6.32. The fourth-order valence-corrected chi connectivity index (χ4v) is 2.96. The van der Waals surface area contributed by atoms with Crippen LogP contribution in [0.4, 0.5) is 0 Å². The Bertz CT molecular complexity index is 413. The predicted octanol–water partition coefficient (Wildman–Crippen LogP) is 3.11. The monoisotopic (exact) mass is 297 g/mol. The summed E-state index contributed by atoms with van der Waals surface area (Å²) < 4.78 is 5.52. The summed E-state index contributed by atoms with van der Waals surface area (Å²) in [6, 6.07) is 7.31. The number of hydrogen-bond acceptors (Lipinski definition) is 3. The smallest absolute Gasteiger partial charge is 0.138 e. The van der Waals surface area contributed by atoms with Crippen molar-refractivity contribution < 1.29 is 9.84 Å². The fraction of sp³-hybridized carbons (Fsp3) is 0.625. The fourth-order valence-electron chi connectivity index (χ4n) is 2.77. The molecule has 0 aromatic heterocycles. The number of hydrogen-bond donors (Lipinski definition) is 2. The topological polar surface area (TPSA) is 41.5 Å². The lowest BCUT2D eigenvalue weighted by Gasteiger charge is -2.18. The standard InChI is InChI=1S/C16H24ClNO2/c1-12-5-4-6-13(12)9-18-10-14(19)11-20-16-8-3-2-7-15(16)17/h2-3,7-8,12-14,18-19H,4-6,9-11H2,1H3. The van der Waals surface area contributed by atoms with Crippen molar-refractivity contribution in [2.24, 2.45) is 11.8 Å². The van der Waals surface area contributed by atoms with Crippen LogP contribution >= 0.6 is 11.6 Å². The highest BCUT2D eigenvalue weighted by Crippen LogP contribution is 2.30. The van der Waals surface area contributed by atoms with Crippen LogP contribution in [0.25, 0.3) is 0 Å². The molecule has 1 aromatic rings. The molecule has 0 heterocycles. The molecule has 0 radical (unpaired) electrons. The number of aliphatic hydroxyl groups excluding tert-OH is 1. The highest BCUT2D eigenvalue weighted by atomic mass is 35.5. The van der Waals surface area contributed by atoms with Crippen LogP contribution in [0.5, 0.6) is 5.75 Å². The first-order valence-corrected chi connectivity index (χ1v) is 7.80. The SMILES string of the molecule is CC1CCCC1CNCC(O)COc1ccccc1Cl. The number of rotatable bonds is 7. The summed E-state index contributed by atoms with van der Waals surface area (Å²) in [6.07, 6.45) is 3.47. The number of aliphatic hydroxyl groups is 1. The van der Waals surface area contributed by atoms with E-state index in [4.69, 9.17) is 16.3 Å². The van der Waals surface area contributed by atoms with E-state index >= 15 is 0 Å². The van der Waals surface area contributed by atoms with E-state index in [1.807, 2.05) is 18.2 Å². The van der Waals surface area contributed by atoms with E-state index in [0.717, 1.165) is 18.4 Å². The maximum atomic E-state index is 9.91. The first kappa shape index (κ1) is 15.6. The van der Waals surface area contributed by atoms with Gasteiger partial charge in [0.1, 0.15) is 18.5 Å². The zero-order chi connectivity index (χ0) is 14.4. The molecule has 1 aliphatic carbocycles. The molecule has 3 atom stereocenters. The van der Waals surface area contributed by atoms with Crippen LogP contribution in [0, 0.1) is 11.8 Å². The lowest BCUT2D eigenvalue weighted by molar-refractivity contribution is 0.105. The third-order valence-corrected chi connectivity index (χ3v) is 4.41. The largest absolute Gasteiger partial charge is 0.489 e. The Balaban J connectivity index is 1.63. The Kier molecular flexibility index (Phi) is 6.14. The Morgan fingerprint density at radius 1 is 1.40 bits per heavy atom. The summed E-state index contributed by atoms with van der Waals surface area (Å²) in [5.74, 6) is 2.18. The summed E-state index contributed by atoms with van der Waals surface area (Å²) in [7, 11) is 0. The van der Waals surface area contributed by atoms with Gasteiger partial charge in [0.05, 0.1) is 5.02 Å². The molecule has 4 heteroatoms. The summed E-state index contributed by atoms with van der Waals surface area (Å²) in [5.41, 5.74) is 0. The van der Waals surface area contributed by atoms with E-state index in [1.165, 1.54) is 19.3 Å². The Morgan fingerprint density at radius 2 is 2.20 bits per heavy atom. The van der Waals surface area contributed by atoms with E-state index in [2.05, 4.69) is 12.2 Å². The van der Waals surface area contributed by atoms with Crippen molar-refractivity contribution >= 4 is 11.6 Å². The Morgan fingerprint density at radius 3 is 2.90 bits per heavy atom. The lowest BCUT2D eigenvalue weighted by Crippen LogP contribution is -2.34. The average molecular weight is 298 g/mol. The summed E-state index contributed by atoms with van der Waals surface area (Å²) in [5, 5.41) is 13.8. The second-order valence-corrected chi connectivity index (χ2v) is 6.13. The summed E-state index contributed by atoms with van der Waals surface area (Å²) >= 11 is 5.99. The molecule has 0 amide bonds. The van der Waals surface area contributed by atoms with Gasteiger partial charge in [-0.2, -0.15) is 0 Å². The van der Waals surface area contributed by atoms with E-state index in [1.54, 1.807) is 6.07 Å². The average Bonchev–Trinajstić information content (AvgIpc) is 2.84. The van der Waals surface area contributed by atoms with Gasteiger partial charge < -0.3 is 15.2 Å². The van der Waals surface area contributed by atoms with Gasteiger partial charge in [-0.05, 0) is 36.9 Å². The molecule has 0 aliphatic heterocycles. The van der Waals surface area contributed by atoms with Crippen molar-refractivity contribution in [2.75, 3.05) is 19.7 Å². The first-order valence-electron chi connectivity index (χ1n) is 7.43. The molecule has 2 rings (SSSR count). The first-order chi connectivity index (χ1) is 9.66. The number of halogens is 1. The van der Waals surface area contributed by atoms with Crippen LogP contribution in [0.3, 0.4) is 0 Å². The van der Waals surface area contributed by atoms with Crippen molar-refractivity contribution in [3.8, 4) is 5.75 Å². The molecule has 0 bridgehead atoms. The highest BCUT2D eigenvalue weighted by Gasteiger charge is 2.22. The van der Waals surface area contributed by atoms with Crippen molar-refractivity contribution in [2.45, 2.75) is 32.3 Å². The third kappa shape index (κ3) is 4.65. The molecular formula is C16H24ClNO2. The molecule has 3 unspecified atom stereocenters. The molecule has 0 spiro atoms. The van der Waals surface area contributed by atoms with Gasteiger partial charge in [0, 0.05) is 6.54 Å². The minimum atomic E-state index is -0.511. The van der Waals surface area contributed by atoms with Crippen molar-refractivity contribution in [1.29, 1.82) is 0 Å². The zero-order valence-electron chi connectivity index (χ0n) is 12.0. The van der Waals surface area contributed by atoms with Crippen LogP contribution in [-0.2, 0) is 0 Å². The Hall–Kier alpha value is -0.770. The molecule has 1 saturated carbocycles. The second kappa shape index (κ2) is 7.87. The van der Waals surface area contributed by atoms with Gasteiger partial charge in [-0.15, -0.1) is 0 Å². The molecule has 3 nitrogen and oxygen atoms in total. The van der Waals surface area contributed by atoms with Crippen LogP contribution in [-0.4, -0.2) is 30.9 Å². The number of nitrogens with one attached hydrogen (secondary N) is 1. The van der Waals surface area contributed by atoms with Crippen molar-refractivity contribution in [1.82, 2.24) is 5.32 Å². The predicted molar refractivity (Wildman–Crippen MR) is 82.3 cm³/mol. The van der Waals surface area contributed by atoms with Gasteiger partial charge in [-0.25, -0.2) is 0 Å². The van der Waals surface area contributed by atoms with Crippen LogP contribution < -0.4 is 10.1 Å².